The summed E-state index contributed by atoms with van der Waals surface area (Å²) in [5, 5.41) is 15.3. The fourth-order valence-electron chi connectivity index (χ4n) is 2.15. The number of urea groups is 1. The monoisotopic (exact) mass is 316 g/mol. The molecule has 0 fully saturated rings. The Hall–Kier alpha value is -2.40. The molecule has 1 atom stereocenters. The van der Waals surface area contributed by atoms with Gasteiger partial charge in [-0.2, -0.15) is 0 Å². The largest absolute Gasteiger partial charge is 0.388 e. The summed E-state index contributed by atoms with van der Waals surface area (Å²) in [6.45, 7) is 1.75. The predicted molar refractivity (Wildman–Crippen MR) is 88.8 cm³/mol. The first-order chi connectivity index (χ1) is 11.0. The zero-order chi connectivity index (χ0) is 16.7. The van der Waals surface area contributed by atoms with Gasteiger partial charge in [0.1, 0.15) is 5.82 Å². The molecule has 0 bridgehead atoms. The van der Waals surface area contributed by atoms with Crippen molar-refractivity contribution in [3.05, 3.63) is 66.0 Å². The van der Waals surface area contributed by atoms with Gasteiger partial charge in [-0.15, -0.1) is 0 Å². The number of hydrogen-bond acceptors (Lipinski definition) is 2. The quantitative estimate of drug-likeness (QED) is 0.765. The molecule has 2 amide bonds. The molecule has 2 rings (SSSR count). The Labute approximate surface area is 135 Å². The van der Waals surface area contributed by atoms with Crippen molar-refractivity contribution in [2.45, 2.75) is 25.4 Å². The van der Waals surface area contributed by atoms with Gasteiger partial charge in [0.05, 0.1) is 11.3 Å². The standard InChI is InChI=1S/C18H21FN2O2/c1-18(23,12-11-14-7-3-2-4-8-14)13-20-17(22)21-16-10-6-5-9-15(16)19/h2-10,23H,11-13H2,1H3,(H2,20,21,22)/t18-/m0/s1. The zero-order valence-electron chi connectivity index (χ0n) is 13.1. The van der Waals surface area contributed by atoms with E-state index in [2.05, 4.69) is 10.6 Å². The first-order valence-electron chi connectivity index (χ1n) is 7.52. The highest BCUT2D eigenvalue weighted by Crippen LogP contribution is 2.14. The van der Waals surface area contributed by atoms with Crippen LogP contribution in [0.25, 0.3) is 0 Å². The first-order valence-corrected chi connectivity index (χ1v) is 7.52. The van der Waals surface area contributed by atoms with Gasteiger partial charge in [-0.25, -0.2) is 9.18 Å². The summed E-state index contributed by atoms with van der Waals surface area (Å²) in [7, 11) is 0. The molecule has 0 heterocycles. The molecule has 0 aliphatic heterocycles. The van der Waals surface area contributed by atoms with Gasteiger partial charge in [-0.3, -0.25) is 0 Å². The number of anilines is 1. The first kappa shape index (κ1) is 17.0. The second-order valence-electron chi connectivity index (χ2n) is 5.77. The van der Waals surface area contributed by atoms with E-state index in [1.54, 1.807) is 19.1 Å². The van der Waals surface area contributed by atoms with E-state index >= 15 is 0 Å². The maximum Gasteiger partial charge on any atom is 0.319 e. The average Bonchev–Trinajstić information content (AvgIpc) is 2.55. The molecule has 0 saturated heterocycles. The molecular weight excluding hydrogens is 295 g/mol. The van der Waals surface area contributed by atoms with Crippen LogP contribution in [0.5, 0.6) is 0 Å². The molecule has 0 aliphatic rings. The molecule has 0 spiro atoms. The van der Waals surface area contributed by atoms with Crippen molar-refractivity contribution in [3.63, 3.8) is 0 Å². The van der Waals surface area contributed by atoms with Crippen molar-refractivity contribution in [1.29, 1.82) is 0 Å². The fraction of sp³-hybridized carbons (Fsp3) is 0.278. The fourth-order valence-corrected chi connectivity index (χ4v) is 2.15. The highest BCUT2D eigenvalue weighted by Gasteiger charge is 2.21. The normalized spacial score (nSPS) is 13.2. The third-order valence-corrected chi connectivity index (χ3v) is 3.55. The lowest BCUT2D eigenvalue weighted by Gasteiger charge is -2.23. The van der Waals surface area contributed by atoms with Crippen molar-refractivity contribution < 1.29 is 14.3 Å². The Balaban J connectivity index is 1.79. The Morgan fingerprint density at radius 3 is 2.48 bits per heavy atom. The summed E-state index contributed by atoms with van der Waals surface area (Å²) >= 11 is 0. The minimum absolute atomic E-state index is 0.0835. The van der Waals surface area contributed by atoms with Crippen LogP contribution in [0.2, 0.25) is 0 Å². The Morgan fingerprint density at radius 1 is 1.13 bits per heavy atom. The van der Waals surface area contributed by atoms with Crippen molar-refractivity contribution in [1.82, 2.24) is 5.32 Å². The number of nitrogens with one attached hydrogen (secondary N) is 2. The number of aliphatic hydroxyl groups is 1. The van der Waals surface area contributed by atoms with Crippen LogP contribution in [0, 0.1) is 5.82 Å². The van der Waals surface area contributed by atoms with Crippen molar-refractivity contribution >= 4 is 11.7 Å². The second kappa shape index (κ2) is 7.74. The van der Waals surface area contributed by atoms with Gasteiger partial charge in [0, 0.05) is 6.54 Å². The van der Waals surface area contributed by atoms with Crippen LogP contribution in [0.4, 0.5) is 14.9 Å². The van der Waals surface area contributed by atoms with Crippen molar-refractivity contribution in [2.24, 2.45) is 0 Å². The van der Waals surface area contributed by atoms with Gasteiger partial charge < -0.3 is 15.7 Å². The maximum atomic E-state index is 13.4. The third-order valence-electron chi connectivity index (χ3n) is 3.55. The molecule has 2 aromatic carbocycles. The molecule has 2 aromatic rings. The molecule has 0 unspecified atom stereocenters. The summed E-state index contributed by atoms with van der Waals surface area (Å²) < 4.78 is 13.4. The number of halogens is 1. The molecule has 0 radical (unpaired) electrons. The second-order valence-corrected chi connectivity index (χ2v) is 5.77. The number of para-hydroxylation sites is 1. The van der Waals surface area contributed by atoms with Crippen LogP contribution < -0.4 is 10.6 Å². The van der Waals surface area contributed by atoms with Crippen LogP contribution >= 0.6 is 0 Å². The van der Waals surface area contributed by atoms with Gasteiger partial charge in [-0.05, 0) is 37.5 Å². The number of carbonyl (C=O) groups excluding carboxylic acids is 1. The number of benzene rings is 2. The van der Waals surface area contributed by atoms with E-state index in [1.807, 2.05) is 30.3 Å². The number of amides is 2. The van der Waals surface area contributed by atoms with Crippen molar-refractivity contribution in [3.8, 4) is 0 Å². The lowest BCUT2D eigenvalue weighted by atomic mass is 9.97. The Morgan fingerprint density at radius 2 is 1.78 bits per heavy atom. The Bertz CT molecular complexity index is 644. The molecule has 122 valence electrons. The molecule has 0 aromatic heterocycles. The van der Waals surface area contributed by atoms with Crippen LogP contribution in [0.1, 0.15) is 18.9 Å². The van der Waals surface area contributed by atoms with E-state index in [0.717, 1.165) is 5.56 Å². The van der Waals surface area contributed by atoms with E-state index in [0.29, 0.717) is 12.8 Å². The van der Waals surface area contributed by atoms with Crippen molar-refractivity contribution in [2.75, 3.05) is 11.9 Å². The van der Waals surface area contributed by atoms with E-state index in [1.165, 1.54) is 12.1 Å². The number of hydrogen-bond donors (Lipinski definition) is 3. The SMILES string of the molecule is C[C@](O)(CCc1ccccc1)CNC(=O)Nc1ccccc1F. The summed E-state index contributed by atoms with van der Waals surface area (Å²) in [6, 6.07) is 15.2. The maximum absolute atomic E-state index is 13.4. The van der Waals surface area contributed by atoms with Crippen LogP contribution in [0.15, 0.2) is 54.6 Å². The topological polar surface area (TPSA) is 61.4 Å². The minimum atomic E-state index is -1.04. The lowest BCUT2D eigenvalue weighted by Crippen LogP contribution is -2.42. The molecule has 23 heavy (non-hydrogen) atoms. The highest BCUT2D eigenvalue weighted by atomic mass is 19.1. The van der Waals surface area contributed by atoms with Gasteiger partial charge >= 0.3 is 6.03 Å². The van der Waals surface area contributed by atoms with E-state index in [9.17, 15) is 14.3 Å². The van der Waals surface area contributed by atoms with Crippen LogP contribution in [0.3, 0.4) is 0 Å². The van der Waals surface area contributed by atoms with Gasteiger partial charge in [0.25, 0.3) is 0 Å². The summed E-state index contributed by atoms with van der Waals surface area (Å²) in [4.78, 5) is 11.8. The molecule has 5 heteroatoms. The number of aryl methyl sites for hydroxylation is 1. The minimum Gasteiger partial charge on any atom is -0.388 e. The van der Waals surface area contributed by atoms with Crippen LogP contribution in [-0.2, 0) is 6.42 Å². The molecule has 4 nitrogen and oxygen atoms in total. The molecule has 3 N–H and O–H groups in total. The van der Waals surface area contributed by atoms with Gasteiger partial charge in [-0.1, -0.05) is 42.5 Å². The summed E-state index contributed by atoms with van der Waals surface area (Å²) in [5.41, 5.74) is 0.195. The zero-order valence-corrected chi connectivity index (χ0v) is 13.1. The van der Waals surface area contributed by atoms with Gasteiger partial charge in [0.2, 0.25) is 0 Å². The summed E-state index contributed by atoms with van der Waals surface area (Å²) in [6.07, 6.45) is 1.22. The number of carbonyl (C=O) groups is 1. The number of rotatable bonds is 6. The van der Waals surface area contributed by atoms with Crippen LogP contribution in [-0.4, -0.2) is 23.3 Å². The Kier molecular flexibility index (Phi) is 5.71. The van der Waals surface area contributed by atoms with E-state index in [4.69, 9.17) is 0 Å². The predicted octanol–water partition coefficient (Wildman–Crippen LogP) is 3.33. The van der Waals surface area contributed by atoms with E-state index < -0.39 is 17.4 Å². The van der Waals surface area contributed by atoms with Gasteiger partial charge in [0.15, 0.2) is 0 Å². The smallest absolute Gasteiger partial charge is 0.319 e. The molecule has 0 saturated carbocycles. The molecule has 0 aliphatic carbocycles. The lowest BCUT2D eigenvalue weighted by molar-refractivity contribution is 0.0539. The highest BCUT2D eigenvalue weighted by molar-refractivity contribution is 5.89. The summed E-state index contributed by atoms with van der Waals surface area (Å²) in [5.74, 6) is -0.501. The third kappa shape index (κ3) is 5.71. The average molecular weight is 316 g/mol. The van der Waals surface area contributed by atoms with E-state index in [-0.39, 0.29) is 12.2 Å². The molecular formula is C18H21FN2O2.